The smallest absolute Gasteiger partial charge is 0.258 e. The van der Waals surface area contributed by atoms with Gasteiger partial charge in [0.1, 0.15) is 16.5 Å². The number of hydrogen-bond acceptors (Lipinski definition) is 5. The summed E-state index contributed by atoms with van der Waals surface area (Å²) in [6.07, 6.45) is 4.65. The SMILES string of the molecule is CCCC(CCC)Oc1nc(Br)c(Cc2ccc(OCC)cc2Cl)nc1N. The first-order valence-electron chi connectivity index (χ1n) is 9.38. The molecule has 0 aliphatic rings. The Bertz CT molecular complexity index is 752. The van der Waals surface area contributed by atoms with E-state index in [9.17, 15) is 0 Å². The number of nitrogen functional groups attached to an aromatic ring is 1. The Labute approximate surface area is 174 Å². The molecule has 0 aliphatic heterocycles. The van der Waals surface area contributed by atoms with Gasteiger partial charge in [-0.2, -0.15) is 0 Å². The molecule has 0 saturated carbocycles. The summed E-state index contributed by atoms with van der Waals surface area (Å²) >= 11 is 9.87. The molecule has 0 atom stereocenters. The van der Waals surface area contributed by atoms with E-state index in [1.165, 1.54) is 0 Å². The van der Waals surface area contributed by atoms with Crippen molar-refractivity contribution in [2.75, 3.05) is 12.3 Å². The van der Waals surface area contributed by atoms with Crippen LogP contribution in [0.2, 0.25) is 5.02 Å². The first-order chi connectivity index (χ1) is 13.0. The fraction of sp³-hybridized carbons (Fsp3) is 0.500. The molecule has 27 heavy (non-hydrogen) atoms. The van der Waals surface area contributed by atoms with Crippen LogP contribution in [-0.2, 0) is 6.42 Å². The molecule has 2 aromatic rings. The lowest BCUT2D eigenvalue weighted by atomic mass is 10.1. The van der Waals surface area contributed by atoms with Crippen molar-refractivity contribution in [3.05, 3.63) is 39.1 Å². The van der Waals surface area contributed by atoms with E-state index < -0.39 is 0 Å². The molecular weight excluding hydrogens is 430 g/mol. The summed E-state index contributed by atoms with van der Waals surface area (Å²) in [6.45, 7) is 6.81. The number of aromatic nitrogens is 2. The highest BCUT2D eigenvalue weighted by Gasteiger charge is 2.17. The highest BCUT2D eigenvalue weighted by Crippen LogP contribution is 2.29. The minimum absolute atomic E-state index is 0.106. The number of hydrogen-bond donors (Lipinski definition) is 1. The standard InChI is InChI=1S/C20H27BrClN3O2/c1-4-7-14(8-5-2)27-20-19(23)24-17(18(21)25-20)11-13-9-10-15(26-6-3)12-16(13)22/h9-10,12,14H,4-8,11H2,1-3H3,(H2,23,24). The Morgan fingerprint density at radius 1 is 1.15 bits per heavy atom. The third kappa shape index (κ3) is 6.25. The number of nitrogens with two attached hydrogens (primary N) is 1. The quantitative estimate of drug-likeness (QED) is 0.488. The largest absolute Gasteiger partial charge is 0.494 e. The maximum Gasteiger partial charge on any atom is 0.258 e. The maximum atomic E-state index is 6.38. The second-order valence-corrected chi connectivity index (χ2v) is 7.49. The third-order valence-corrected chi connectivity index (χ3v) is 5.09. The number of benzene rings is 1. The molecule has 0 aliphatic carbocycles. The first kappa shape index (κ1) is 21.8. The predicted molar refractivity (Wildman–Crippen MR) is 114 cm³/mol. The lowest BCUT2D eigenvalue weighted by molar-refractivity contribution is 0.171. The summed E-state index contributed by atoms with van der Waals surface area (Å²) in [7, 11) is 0. The van der Waals surface area contributed by atoms with Gasteiger partial charge in [0, 0.05) is 11.4 Å². The molecule has 0 bridgehead atoms. The van der Waals surface area contributed by atoms with Crippen LogP contribution >= 0.6 is 27.5 Å². The van der Waals surface area contributed by atoms with Gasteiger partial charge in [-0.25, -0.2) is 9.97 Å². The Kier molecular flexibility index (Phi) is 8.64. The van der Waals surface area contributed by atoms with Crippen molar-refractivity contribution in [3.63, 3.8) is 0 Å². The highest BCUT2D eigenvalue weighted by molar-refractivity contribution is 9.10. The Morgan fingerprint density at radius 3 is 2.44 bits per heavy atom. The van der Waals surface area contributed by atoms with Crippen LogP contribution in [0.5, 0.6) is 11.6 Å². The van der Waals surface area contributed by atoms with Crippen molar-refractivity contribution in [3.8, 4) is 11.6 Å². The Balaban J connectivity index is 2.18. The van der Waals surface area contributed by atoms with Gasteiger partial charge in [0.25, 0.3) is 5.88 Å². The fourth-order valence-corrected chi connectivity index (χ4v) is 3.45. The average molecular weight is 457 g/mol. The molecule has 0 fully saturated rings. The monoisotopic (exact) mass is 455 g/mol. The lowest BCUT2D eigenvalue weighted by Gasteiger charge is -2.18. The van der Waals surface area contributed by atoms with E-state index in [-0.39, 0.29) is 6.10 Å². The molecule has 0 radical (unpaired) electrons. The molecule has 0 amide bonds. The zero-order valence-electron chi connectivity index (χ0n) is 16.1. The van der Waals surface area contributed by atoms with Crippen LogP contribution in [0.4, 0.5) is 5.82 Å². The normalized spacial score (nSPS) is 11.0. The van der Waals surface area contributed by atoms with Crippen molar-refractivity contribution in [2.24, 2.45) is 0 Å². The number of rotatable bonds is 10. The van der Waals surface area contributed by atoms with Gasteiger partial charge in [0.2, 0.25) is 0 Å². The highest BCUT2D eigenvalue weighted by atomic mass is 79.9. The molecule has 0 saturated heterocycles. The van der Waals surface area contributed by atoms with E-state index in [2.05, 4.69) is 39.7 Å². The molecule has 1 aromatic heterocycles. The van der Waals surface area contributed by atoms with Gasteiger partial charge in [0.15, 0.2) is 5.82 Å². The Hall–Kier alpha value is -1.53. The topological polar surface area (TPSA) is 70.3 Å². The van der Waals surface area contributed by atoms with E-state index in [0.29, 0.717) is 40.0 Å². The summed E-state index contributed by atoms with van der Waals surface area (Å²) in [5.41, 5.74) is 7.76. The molecule has 0 unspecified atom stereocenters. The summed E-state index contributed by atoms with van der Waals surface area (Å²) in [6, 6.07) is 5.64. The van der Waals surface area contributed by atoms with Gasteiger partial charge in [-0.3, -0.25) is 0 Å². The van der Waals surface area contributed by atoms with Crippen LogP contribution in [0.3, 0.4) is 0 Å². The summed E-state index contributed by atoms with van der Waals surface area (Å²) in [5.74, 6) is 1.43. The predicted octanol–water partition coefficient (Wildman–Crippen LogP) is 5.81. The first-order valence-corrected chi connectivity index (χ1v) is 10.5. The van der Waals surface area contributed by atoms with Crippen molar-refractivity contribution < 1.29 is 9.47 Å². The van der Waals surface area contributed by atoms with E-state index in [1.54, 1.807) is 0 Å². The zero-order chi connectivity index (χ0) is 19.8. The van der Waals surface area contributed by atoms with E-state index >= 15 is 0 Å². The molecule has 5 nitrogen and oxygen atoms in total. The van der Waals surface area contributed by atoms with Crippen LogP contribution in [0.1, 0.15) is 57.7 Å². The van der Waals surface area contributed by atoms with Gasteiger partial charge < -0.3 is 15.2 Å². The molecular formula is C20H27BrClN3O2. The molecule has 2 rings (SSSR count). The minimum Gasteiger partial charge on any atom is -0.494 e. The van der Waals surface area contributed by atoms with Crippen molar-refractivity contribution in [1.82, 2.24) is 9.97 Å². The van der Waals surface area contributed by atoms with Crippen molar-refractivity contribution in [1.29, 1.82) is 0 Å². The molecule has 1 heterocycles. The molecule has 2 N–H and O–H groups in total. The number of nitrogens with zero attached hydrogens (tertiary/aromatic N) is 2. The second kappa shape index (κ2) is 10.7. The van der Waals surface area contributed by atoms with Gasteiger partial charge in [0.05, 0.1) is 12.3 Å². The molecule has 148 valence electrons. The van der Waals surface area contributed by atoms with Crippen LogP contribution < -0.4 is 15.2 Å². The van der Waals surface area contributed by atoms with E-state index in [4.69, 9.17) is 26.8 Å². The van der Waals surface area contributed by atoms with Gasteiger partial charge in [-0.05, 0) is 53.4 Å². The van der Waals surface area contributed by atoms with E-state index in [1.807, 2.05) is 25.1 Å². The summed E-state index contributed by atoms with van der Waals surface area (Å²) < 4.78 is 12.1. The number of halogens is 2. The van der Waals surface area contributed by atoms with Gasteiger partial charge >= 0.3 is 0 Å². The van der Waals surface area contributed by atoms with Gasteiger partial charge in [-0.1, -0.05) is 44.4 Å². The molecule has 1 aromatic carbocycles. The third-order valence-electron chi connectivity index (χ3n) is 4.11. The second-order valence-electron chi connectivity index (χ2n) is 6.33. The van der Waals surface area contributed by atoms with Crippen molar-refractivity contribution in [2.45, 2.75) is 59.0 Å². The van der Waals surface area contributed by atoms with Gasteiger partial charge in [-0.15, -0.1) is 0 Å². The minimum atomic E-state index is 0.106. The van der Waals surface area contributed by atoms with Crippen LogP contribution in [0.25, 0.3) is 0 Å². The van der Waals surface area contributed by atoms with Crippen molar-refractivity contribution >= 4 is 33.3 Å². The molecule has 7 heteroatoms. The van der Waals surface area contributed by atoms with Crippen LogP contribution in [0.15, 0.2) is 22.8 Å². The Morgan fingerprint density at radius 2 is 1.85 bits per heavy atom. The van der Waals surface area contributed by atoms with Crippen LogP contribution in [0, 0.1) is 0 Å². The fourth-order valence-electron chi connectivity index (χ4n) is 2.82. The van der Waals surface area contributed by atoms with E-state index in [0.717, 1.165) is 37.0 Å². The lowest BCUT2D eigenvalue weighted by Crippen LogP contribution is -2.18. The zero-order valence-corrected chi connectivity index (χ0v) is 18.4. The summed E-state index contributed by atoms with van der Waals surface area (Å²) in [5, 5.41) is 0.625. The number of anilines is 1. The maximum absolute atomic E-state index is 6.38. The average Bonchev–Trinajstić information content (AvgIpc) is 2.62. The summed E-state index contributed by atoms with van der Waals surface area (Å²) in [4.78, 5) is 8.98. The number of ether oxygens (including phenoxy) is 2. The molecule has 0 spiro atoms. The van der Waals surface area contributed by atoms with Crippen LogP contribution in [-0.4, -0.2) is 22.7 Å².